The Morgan fingerprint density at radius 3 is 2.77 bits per heavy atom. The van der Waals surface area contributed by atoms with Crippen molar-refractivity contribution < 1.29 is 18.3 Å². The van der Waals surface area contributed by atoms with Crippen LogP contribution in [-0.2, 0) is 10.0 Å². The second-order valence-electron chi connectivity index (χ2n) is 6.59. The first kappa shape index (κ1) is 19.0. The Balaban J connectivity index is 1.87. The lowest BCUT2D eigenvalue weighted by Gasteiger charge is -2.19. The third-order valence-corrected chi connectivity index (χ3v) is 6.90. The van der Waals surface area contributed by atoms with Crippen LogP contribution in [0, 0.1) is 5.92 Å². The van der Waals surface area contributed by atoms with E-state index in [0.29, 0.717) is 21.5 Å². The number of likely N-dealkylation sites (tertiary alicyclic amines) is 1. The van der Waals surface area contributed by atoms with Crippen molar-refractivity contribution >= 4 is 38.4 Å². The summed E-state index contributed by atoms with van der Waals surface area (Å²) in [5, 5.41) is 11.2. The number of amides is 1. The summed E-state index contributed by atoms with van der Waals surface area (Å²) in [6.07, 6.45) is 0.729. The molecule has 26 heavy (non-hydrogen) atoms. The first-order valence-electron chi connectivity index (χ1n) is 8.11. The highest BCUT2D eigenvalue weighted by molar-refractivity contribution is 7.89. The van der Waals surface area contributed by atoms with E-state index in [2.05, 4.69) is 4.98 Å². The SMILES string of the molecule is CN(C)S(=O)(=O)C[C@@H]1CN(C(=O)c2c(Cl)ccc3ncccc23)C[C@H]1O. The van der Waals surface area contributed by atoms with Gasteiger partial charge < -0.3 is 10.0 Å². The van der Waals surface area contributed by atoms with E-state index in [1.165, 1.54) is 19.0 Å². The van der Waals surface area contributed by atoms with Gasteiger partial charge in [-0.05, 0) is 18.2 Å². The van der Waals surface area contributed by atoms with Crippen molar-refractivity contribution in [2.45, 2.75) is 6.10 Å². The molecule has 0 saturated carbocycles. The molecule has 1 saturated heterocycles. The van der Waals surface area contributed by atoms with E-state index in [1.54, 1.807) is 30.5 Å². The molecule has 1 fully saturated rings. The maximum atomic E-state index is 13.0. The van der Waals surface area contributed by atoms with Gasteiger partial charge in [0.2, 0.25) is 10.0 Å². The molecule has 7 nitrogen and oxygen atoms in total. The molecule has 0 spiro atoms. The van der Waals surface area contributed by atoms with Gasteiger partial charge >= 0.3 is 0 Å². The van der Waals surface area contributed by atoms with E-state index in [1.807, 2.05) is 0 Å². The highest BCUT2D eigenvalue weighted by Gasteiger charge is 2.38. The van der Waals surface area contributed by atoms with Gasteiger partial charge in [0.1, 0.15) is 0 Å². The van der Waals surface area contributed by atoms with Crippen molar-refractivity contribution in [2.75, 3.05) is 32.9 Å². The number of carbonyl (C=O) groups is 1. The van der Waals surface area contributed by atoms with Crippen LogP contribution in [0.4, 0.5) is 0 Å². The van der Waals surface area contributed by atoms with E-state index in [0.717, 1.165) is 4.31 Å². The normalized spacial score (nSPS) is 20.9. The Labute approximate surface area is 157 Å². The number of aliphatic hydroxyl groups is 1. The molecular formula is C17H20ClN3O4S. The lowest BCUT2D eigenvalue weighted by Crippen LogP contribution is -2.33. The zero-order valence-corrected chi connectivity index (χ0v) is 16.0. The molecule has 3 rings (SSSR count). The molecule has 0 bridgehead atoms. The summed E-state index contributed by atoms with van der Waals surface area (Å²) < 4.78 is 25.3. The highest BCUT2D eigenvalue weighted by atomic mass is 35.5. The zero-order valence-electron chi connectivity index (χ0n) is 14.5. The summed E-state index contributed by atoms with van der Waals surface area (Å²) in [6, 6.07) is 6.84. The summed E-state index contributed by atoms with van der Waals surface area (Å²) in [7, 11) is -0.578. The molecule has 2 heterocycles. The van der Waals surface area contributed by atoms with E-state index >= 15 is 0 Å². The average Bonchev–Trinajstić information content (AvgIpc) is 2.94. The highest BCUT2D eigenvalue weighted by Crippen LogP contribution is 2.29. The molecule has 1 aromatic carbocycles. The molecule has 2 atom stereocenters. The number of aromatic nitrogens is 1. The van der Waals surface area contributed by atoms with E-state index in [9.17, 15) is 18.3 Å². The Morgan fingerprint density at radius 2 is 2.08 bits per heavy atom. The average molecular weight is 398 g/mol. The van der Waals surface area contributed by atoms with E-state index in [4.69, 9.17) is 11.6 Å². The van der Waals surface area contributed by atoms with Gasteiger partial charge in [-0.15, -0.1) is 0 Å². The second kappa shape index (κ2) is 7.11. The molecule has 1 aliphatic heterocycles. The van der Waals surface area contributed by atoms with Crippen molar-refractivity contribution in [2.24, 2.45) is 5.92 Å². The van der Waals surface area contributed by atoms with Crippen molar-refractivity contribution in [1.29, 1.82) is 0 Å². The maximum Gasteiger partial charge on any atom is 0.256 e. The van der Waals surface area contributed by atoms with Crippen LogP contribution in [0.3, 0.4) is 0 Å². The molecule has 9 heteroatoms. The predicted octanol–water partition coefficient (Wildman–Crippen LogP) is 1.21. The second-order valence-corrected chi connectivity index (χ2v) is 9.23. The maximum absolute atomic E-state index is 13.0. The number of hydrogen-bond donors (Lipinski definition) is 1. The minimum atomic E-state index is -3.47. The van der Waals surface area contributed by atoms with Crippen molar-refractivity contribution in [3.63, 3.8) is 0 Å². The molecule has 2 aromatic rings. The van der Waals surface area contributed by atoms with Crippen LogP contribution in [0.1, 0.15) is 10.4 Å². The van der Waals surface area contributed by atoms with E-state index < -0.39 is 22.0 Å². The van der Waals surface area contributed by atoms with Gasteiger partial charge in [0.05, 0.1) is 28.0 Å². The van der Waals surface area contributed by atoms with Gasteiger partial charge in [0.15, 0.2) is 0 Å². The molecule has 1 aromatic heterocycles. The first-order chi connectivity index (χ1) is 12.2. The third kappa shape index (κ3) is 3.55. The number of halogens is 1. The van der Waals surface area contributed by atoms with Gasteiger partial charge in [-0.1, -0.05) is 17.7 Å². The minimum absolute atomic E-state index is 0.0689. The number of hydrogen-bond acceptors (Lipinski definition) is 5. The fraction of sp³-hybridized carbons (Fsp3) is 0.412. The van der Waals surface area contributed by atoms with Gasteiger partial charge in [-0.2, -0.15) is 0 Å². The van der Waals surface area contributed by atoms with Crippen LogP contribution in [0.5, 0.6) is 0 Å². The Morgan fingerprint density at radius 1 is 1.35 bits per heavy atom. The number of β-amino-alcohol motifs (C(OH)–C–C–N with tert-alkyl or cyclic N) is 1. The molecule has 1 amide bonds. The Kier molecular flexibility index (Phi) is 5.21. The number of benzene rings is 1. The van der Waals surface area contributed by atoms with Crippen LogP contribution in [0.2, 0.25) is 5.02 Å². The largest absolute Gasteiger partial charge is 0.391 e. The first-order valence-corrected chi connectivity index (χ1v) is 10.1. The third-order valence-electron chi connectivity index (χ3n) is 4.62. The minimum Gasteiger partial charge on any atom is -0.391 e. The predicted molar refractivity (Wildman–Crippen MR) is 99.6 cm³/mol. The summed E-state index contributed by atoms with van der Waals surface area (Å²) in [5.41, 5.74) is 0.965. The number of aliphatic hydroxyl groups excluding tert-OH is 1. The van der Waals surface area contributed by atoms with Crippen LogP contribution in [-0.4, -0.2) is 72.7 Å². The van der Waals surface area contributed by atoms with Crippen LogP contribution >= 0.6 is 11.6 Å². The molecule has 0 radical (unpaired) electrons. The van der Waals surface area contributed by atoms with Crippen molar-refractivity contribution in [3.05, 3.63) is 41.0 Å². The number of fused-ring (bicyclic) bond motifs is 1. The van der Waals surface area contributed by atoms with Crippen LogP contribution in [0.25, 0.3) is 10.9 Å². The van der Waals surface area contributed by atoms with Gasteiger partial charge in [0.25, 0.3) is 5.91 Å². The monoisotopic (exact) mass is 397 g/mol. The van der Waals surface area contributed by atoms with Crippen LogP contribution < -0.4 is 0 Å². The smallest absolute Gasteiger partial charge is 0.256 e. The summed E-state index contributed by atoms with van der Waals surface area (Å²) in [6.45, 7) is 0.222. The number of sulfonamides is 1. The summed E-state index contributed by atoms with van der Waals surface area (Å²) in [4.78, 5) is 18.7. The quantitative estimate of drug-likeness (QED) is 0.837. The molecule has 140 valence electrons. The lowest BCUT2D eigenvalue weighted by atomic mass is 10.1. The molecule has 1 aliphatic rings. The fourth-order valence-corrected chi connectivity index (χ4v) is 4.52. The lowest BCUT2D eigenvalue weighted by molar-refractivity contribution is 0.0767. The van der Waals surface area contributed by atoms with Gasteiger partial charge in [0, 0.05) is 44.7 Å². The molecule has 1 N–H and O–H groups in total. The number of pyridine rings is 1. The molecular weight excluding hydrogens is 378 g/mol. The standard InChI is InChI=1S/C17H20ClN3O4S/c1-20(2)26(24,25)10-11-8-21(9-15(11)22)17(23)16-12-4-3-7-19-14(12)6-5-13(16)18/h3-7,11,15,22H,8-10H2,1-2H3/t11-,15+/m0/s1. The van der Waals surface area contributed by atoms with Crippen LogP contribution in [0.15, 0.2) is 30.5 Å². The van der Waals surface area contributed by atoms with Crippen molar-refractivity contribution in [3.8, 4) is 0 Å². The summed E-state index contributed by atoms with van der Waals surface area (Å²) in [5.74, 6) is -1.09. The van der Waals surface area contributed by atoms with Gasteiger partial charge in [-0.3, -0.25) is 9.78 Å². The number of carbonyl (C=O) groups excluding carboxylic acids is 1. The Bertz CT molecular complexity index is 948. The number of rotatable bonds is 4. The summed E-state index contributed by atoms with van der Waals surface area (Å²) >= 11 is 6.26. The van der Waals surface area contributed by atoms with Crippen molar-refractivity contribution in [1.82, 2.24) is 14.2 Å². The van der Waals surface area contributed by atoms with E-state index in [-0.39, 0.29) is 24.7 Å². The topological polar surface area (TPSA) is 90.8 Å². The molecule has 0 aliphatic carbocycles. The number of nitrogens with zero attached hydrogens (tertiary/aromatic N) is 3. The molecule has 0 unspecified atom stereocenters. The Hall–Kier alpha value is -1.74. The van der Waals surface area contributed by atoms with Gasteiger partial charge in [-0.25, -0.2) is 12.7 Å². The fourth-order valence-electron chi connectivity index (χ4n) is 3.10. The zero-order chi connectivity index (χ0) is 19.1.